The van der Waals surface area contributed by atoms with Gasteiger partial charge in [0.05, 0.1) is 19.1 Å². The van der Waals surface area contributed by atoms with E-state index >= 15 is 0 Å². The second-order valence-corrected chi connectivity index (χ2v) is 7.30. The Morgan fingerprint density at radius 3 is 2.69 bits per heavy atom. The molecule has 0 fully saturated rings. The highest BCUT2D eigenvalue weighted by atomic mass is 79.9. The van der Waals surface area contributed by atoms with Crippen molar-refractivity contribution >= 4 is 21.6 Å². The van der Waals surface area contributed by atoms with E-state index < -0.39 is 0 Å². The second kappa shape index (κ2) is 6.65. The number of halogens is 1. The van der Waals surface area contributed by atoms with E-state index in [-0.39, 0.29) is 0 Å². The van der Waals surface area contributed by atoms with Crippen LogP contribution in [-0.4, -0.2) is 16.5 Å². The summed E-state index contributed by atoms with van der Waals surface area (Å²) in [5.41, 5.74) is 6.47. The summed E-state index contributed by atoms with van der Waals surface area (Å²) in [5.74, 6) is 1.65. The quantitative estimate of drug-likeness (QED) is 0.441. The minimum absolute atomic E-state index is 0.753. The van der Waals surface area contributed by atoms with Crippen molar-refractivity contribution in [3.63, 3.8) is 0 Å². The number of fused-ring (bicyclic) bond motifs is 1. The number of benzene rings is 1. The van der Waals surface area contributed by atoms with Gasteiger partial charge in [-0.05, 0) is 76.8 Å². The van der Waals surface area contributed by atoms with Crippen LogP contribution in [0, 0.1) is 13.8 Å². The number of hydrogen-bond donors (Lipinski definition) is 0. The molecule has 132 valence electrons. The predicted molar refractivity (Wildman–Crippen MR) is 106 cm³/mol. The molecule has 3 heterocycles. The molecule has 0 radical (unpaired) electrons. The monoisotopic (exact) mass is 410 g/mol. The molecule has 4 aromatic rings. The third-order valence-corrected chi connectivity index (χ3v) is 5.07. The number of methoxy groups -OCH3 is 1. The maximum atomic E-state index is 5.66. The van der Waals surface area contributed by atoms with Crippen molar-refractivity contribution in [1.29, 1.82) is 0 Å². The fourth-order valence-corrected chi connectivity index (χ4v) is 3.82. The number of furan rings is 1. The summed E-state index contributed by atoms with van der Waals surface area (Å²) in [7, 11) is 1.69. The van der Waals surface area contributed by atoms with Gasteiger partial charge < -0.3 is 13.6 Å². The molecule has 0 unspecified atom stereocenters. The molecular formula is C21H19BrN2O2. The normalized spacial score (nSPS) is 11.2. The summed E-state index contributed by atoms with van der Waals surface area (Å²) in [4.78, 5) is 4.88. The summed E-state index contributed by atoms with van der Waals surface area (Å²) < 4.78 is 14.2. The van der Waals surface area contributed by atoms with Gasteiger partial charge in [0.25, 0.3) is 0 Å². The van der Waals surface area contributed by atoms with Crippen molar-refractivity contribution in [2.24, 2.45) is 0 Å². The lowest BCUT2D eigenvalue weighted by molar-refractivity contribution is 0.414. The van der Waals surface area contributed by atoms with Gasteiger partial charge in [0.1, 0.15) is 17.1 Å². The van der Waals surface area contributed by atoms with Gasteiger partial charge in [0.15, 0.2) is 5.76 Å². The maximum absolute atomic E-state index is 5.66. The summed E-state index contributed by atoms with van der Waals surface area (Å²) in [5, 5.41) is 0. The Hall–Kier alpha value is -2.53. The first kappa shape index (κ1) is 16.9. The average Bonchev–Trinajstić information content (AvgIpc) is 3.25. The van der Waals surface area contributed by atoms with Gasteiger partial charge in [0, 0.05) is 17.1 Å². The number of nitrogens with zero attached hydrogens (tertiary/aromatic N) is 2. The highest BCUT2D eigenvalue weighted by molar-refractivity contribution is 9.10. The van der Waals surface area contributed by atoms with Crippen LogP contribution in [0.5, 0.6) is 5.75 Å². The zero-order valence-corrected chi connectivity index (χ0v) is 16.5. The largest absolute Gasteiger partial charge is 0.497 e. The van der Waals surface area contributed by atoms with Gasteiger partial charge in [-0.2, -0.15) is 0 Å². The minimum Gasteiger partial charge on any atom is -0.497 e. The standard InChI is InChI=1S/C21H19BrN2O2/c1-13-10-17(25-3)7-6-15(13)11-18-20(19-5-4-8-26-19)23-21-14(2)9-16(22)12-24(18)21/h4-10,12H,11H2,1-3H3. The highest BCUT2D eigenvalue weighted by Crippen LogP contribution is 2.30. The smallest absolute Gasteiger partial charge is 0.154 e. The number of aromatic nitrogens is 2. The Labute approximate surface area is 160 Å². The van der Waals surface area contributed by atoms with E-state index in [0.29, 0.717) is 0 Å². The lowest BCUT2D eigenvalue weighted by Gasteiger charge is -2.10. The Morgan fingerprint density at radius 2 is 2.00 bits per heavy atom. The minimum atomic E-state index is 0.753. The first-order valence-electron chi connectivity index (χ1n) is 8.41. The number of rotatable bonds is 4. The van der Waals surface area contributed by atoms with Crippen LogP contribution in [0.15, 0.2) is 57.7 Å². The number of hydrogen-bond acceptors (Lipinski definition) is 3. The lowest BCUT2D eigenvalue weighted by atomic mass is 10.0. The van der Waals surface area contributed by atoms with Gasteiger partial charge in [-0.1, -0.05) is 6.07 Å². The number of ether oxygens (including phenoxy) is 1. The number of aryl methyl sites for hydroxylation is 2. The number of pyridine rings is 1. The van der Waals surface area contributed by atoms with Gasteiger partial charge in [0.2, 0.25) is 0 Å². The first-order chi connectivity index (χ1) is 12.6. The topological polar surface area (TPSA) is 39.7 Å². The molecular weight excluding hydrogens is 392 g/mol. The molecule has 4 nitrogen and oxygen atoms in total. The van der Waals surface area contributed by atoms with Gasteiger partial charge in [-0.15, -0.1) is 0 Å². The van der Waals surface area contributed by atoms with Gasteiger partial charge >= 0.3 is 0 Å². The molecule has 0 N–H and O–H groups in total. The molecule has 26 heavy (non-hydrogen) atoms. The highest BCUT2D eigenvalue weighted by Gasteiger charge is 2.19. The van der Waals surface area contributed by atoms with E-state index in [1.54, 1.807) is 13.4 Å². The Bertz CT molecular complexity index is 1080. The third kappa shape index (κ3) is 2.92. The van der Waals surface area contributed by atoms with Gasteiger partial charge in [-0.25, -0.2) is 4.98 Å². The summed E-state index contributed by atoms with van der Waals surface area (Å²) in [6, 6.07) is 12.1. The zero-order chi connectivity index (χ0) is 18.3. The Kier molecular flexibility index (Phi) is 4.32. The van der Waals surface area contributed by atoms with E-state index in [4.69, 9.17) is 14.1 Å². The van der Waals surface area contributed by atoms with Crippen LogP contribution in [0.3, 0.4) is 0 Å². The van der Waals surface area contributed by atoms with Crippen LogP contribution in [0.25, 0.3) is 17.1 Å². The van der Waals surface area contributed by atoms with E-state index in [1.165, 1.54) is 11.1 Å². The first-order valence-corrected chi connectivity index (χ1v) is 9.20. The van der Waals surface area contributed by atoms with E-state index in [9.17, 15) is 0 Å². The van der Waals surface area contributed by atoms with Crippen molar-refractivity contribution in [2.45, 2.75) is 20.3 Å². The lowest BCUT2D eigenvalue weighted by Crippen LogP contribution is -1.99. The van der Waals surface area contributed by atoms with Crippen molar-refractivity contribution in [1.82, 2.24) is 9.38 Å². The van der Waals surface area contributed by atoms with Crippen molar-refractivity contribution < 1.29 is 9.15 Å². The molecule has 0 aliphatic rings. The second-order valence-electron chi connectivity index (χ2n) is 6.39. The average molecular weight is 411 g/mol. The van der Waals surface area contributed by atoms with Crippen molar-refractivity contribution in [2.75, 3.05) is 7.11 Å². The predicted octanol–water partition coefficient (Wildman–Crippen LogP) is 5.57. The zero-order valence-electron chi connectivity index (χ0n) is 14.9. The van der Waals surface area contributed by atoms with Crippen LogP contribution in [0.1, 0.15) is 22.4 Å². The molecule has 3 aromatic heterocycles. The maximum Gasteiger partial charge on any atom is 0.154 e. The molecule has 1 aromatic carbocycles. The van der Waals surface area contributed by atoms with E-state index in [2.05, 4.69) is 58.6 Å². The molecule has 0 aliphatic heterocycles. The Morgan fingerprint density at radius 1 is 1.15 bits per heavy atom. The molecule has 0 saturated carbocycles. The van der Waals surface area contributed by atoms with E-state index in [0.717, 1.165) is 45.0 Å². The summed E-state index contributed by atoms with van der Waals surface area (Å²) in [6.45, 7) is 4.18. The van der Waals surface area contributed by atoms with Crippen LogP contribution < -0.4 is 4.74 Å². The molecule has 0 bridgehead atoms. The van der Waals surface area contributed by atoms with Crippen LogP contribution >= 0.6 is 15.9 Å². The van der Waals surface area contributed by atoms with Crippen LogP contribution in [0.4, 0.5) is 0 Å². The van der Waals surface area contributed by atoms with Gasteiger partial charge in [-0.3, -0.25) is 0 Å². The number of imidazole rings is 1. The molecule has 4 rings (SSSR count). The SMILES string of the molecule is COc1ccc(Cc2c(-c3ccco3)nc3c(C)cc(Br)cn23)c(C)c1. The summed E-state index contributed by atoms with van der Waals surface area (Å²) >= 11 is 3.61. The van der Waals surface area contributed by atoms with E-state index in [1.807, 2.05) is 18.2 Å². The Balaban J connectivity index is 1.91. The molecule has 0 saturated heterocycles. The fraction of sp³-hybridized carbons (Fsp3) is 0.190. The van der Waals surface area contributed by atoms with Crippen LogP contribution in [-0.2, 0) is 6.42 Å². The molecule has 0 aliphatic carbocycles. The fourth-order valence-electron chi connectivity index (χ4n) is 3.27. The third-order valence-electron chi connectivity index (χ3n) is 4.63. The molecule has 0 amide bonds. The van der Waals surface area contributed by atoms with Crippen molar-refractivity contribution in [3.8, 4) is 17.2 Å². The molecule has 5 heteroatoms. The molecule has 0 spiro atoms. The van der Waals surface area contributed by atoms with Crippen LogP contribution in [0.2, 0.25) is 0 Å². The van der Waals surface area contributed by atoms with Crippen molar-refractivity contribution in [3.05, 3.63) is 75.7 Å². The molecule has 0 atom stereocenters. The summed E-state index contributed by atoms with van der Waals surface area (Å²) in [6.07, 6.45) is 4.50.